The smallest absolute Gasteiger partial charge is 0.320 e. The lowest BCUT2D eigenvalue weighted by Crippen LogP contribution is -2.50. The summed E-state index contributed by atoms with van der Waals surface area (Å²) in [6, 6.07) is 22.4. The van der Waals surface area contributed by atoms with Crippen molar-refractivity contribution in [3.63, 3.8) is 0 Å². The van der Waals surface area contributed by atoms with Gasteiger partial charge in [0, 0.05) is 99.0 Å². The molecule has 1 aliphatic heterocycles. The van der Waals surface area contributed by atoms with Crippen molar-refractivity contribution in [1.82, 2.24) is 39.8 Å². The van der Waals surface area contributed by atoms with E-state index >= 15 is 0 Å². The second-order valence-corrected chi connectivity index (χ2v) is 20.7. The maximum Gasteiger partial charge on any atom is 0.320 e. The van der Waals surface area contributed by atoms with Gasteiger partial charge in [-0.15, -0.1) is 0 Å². The molecule has 1 aliphatic rings. The molecular weight excluding hydrogens is 924 g/mol. The van der Waals surface area contributed by atoms with Crippen LogP contribution in [0.15, 0.2) is 72.8 Å². The number of esters is 2. The van der Waals surface area contributed by atoms with Gasteiger partial charge in [0.25, 0.3) is 5.91 Å². The number of hydrogen-bond donors (Lipinski definition) is 2. The normalized spacial score (nSPS) is 15.2. The number of carbonyl (C=O) groups excluding carboxylic acids is 5. The second-order valence-electron chi connectivity index (χ2n) is 20.2. The third-order valence-electron chi connectivity index (χ3n) is 12.1. The summed E-state index contributed by atoms with van der Waals surface area (Å²) in [5, 5.41) is 8.20. The summed E-state index contributed by atoms with van der Waals surface area (Å²) in [7, 11) is 1.56. The van der Waals surface area contributed by atoms with Crippen molar-refractivity contribution >= 4 is 63.1 Å². The summed E-state index contributed by atoms with van der Waals surface area (Å²) in [6.07, 6.45) is -0.00442. The van der Waals surface area contributed by atoms with E-state index < -0.39 is 11.2 Å². The molecule has 0 aliphatic carbocycles. The number of aryl methyl sites for hydroxylation is 1. The van der Waals surface area contributed by atoms with Crippen LogP contribution in [-0.4, -0.2) is 162 Å². The molecule has 2 amide bonds. The zero-order chi connectivity index (χ0) is 51.5. The van der Waals surface area contributed by atoms with E-state index in [1.807, 2.05) is 71.6 Å². The molecule has 3 aromatic carbocycles. The third-order valence-corrected chi connectivity index (χ3v) is 12.3. The third kappa shape index (κ3) is 16.6. The molecule has 71 heavy (non-hydrogen) atoms. The largest absolute Gasteiger partial charge is 0.497 e. The SMILES string of the molecule is COc1ccc2c(c1)c(CC(=O)NCCNC(=O)CN1CCN(CC(=O)OC(C)(C)C)CCN(Cc3ccc4cc(C)ccc4n3)CCN(CC(=O)OC(C)(C)C)CC1)c(C)n2C(=O)c1ccc(Cl)cc1. The highest BCUT2D eigenvalue weighted by atomic mass is 35.5. The lowest BCUT2D eigenvalue weighted by molar-refractivity contribution is -0.157. The van der Waals surface area contributed by atoms with Crippen LogP contribution in [0.2, 0.25) is 5.02 Å². The number of fused-ring (bicyclic) bond motifs is 2. The monoisotopic (exact) mass is 995 g/mol. The van der Waals surface area contributed by atoms with Gasteiger partial charge < -0.3 is 24.8 Å². The van der Waals surface area contributed by atoms with Gasteiger partial charge in [0.2, 0.25) is 11.8 Å². The highest BCUT2D eigenvalue weighted by Crippen LogP contribution is 2.31. The van der Waals surface area contributed by atoms with Gasteiger partial charge in [-0.25, -0.2) is 0 Å². The number of benzene rings is 3. The molecule has 2 N–H and O–H groups in total. The molecule has 0 bridgehead atoms. The van der Waals surface area contributed by atoms with E-state index in [9.17, 15) is 24.0 Å². The number of carbonyl (C=O) groups is 5. The molecule has 3 heterocycles. The quantitative estimate of drug-likeness (QED) is 0.0922. The predicted octanol–water partition coefficient (Wildman–Crippen LogP) is 6.04. The van der Waals surface area contributed by atoms with Crippen LogP contribution in [0.5, 0.6) is 5.75 Å². The van der Waals surface area contributed by atoms with Gasteiger partial charge in [0.05, 0.1) is 49.9 Å². The van der Waals surface area contributed by atoms with E-state index in [0.717, 1.165) is 22.0 Å². The standard InChI is InChI=1S/C54H71ClN8O8/c1-37-10-18-46-40(30-37)13-16-42(58-46)33-59-22-26-61(35-50(66)70-53(3,4)5)28-24-60(25-29-62(27-23-59)36-51(67)71-54(6,7)8)34-49(65)57-21-20-56-48(64)32-44-38(2)63(47-19-17-43(69-9)31-45(44)47)52(68)39-11-14-41(55)15-12-39/h10-19,30-31H,20-29,32-36H2,1-9H3,(H,56,64)(H,57,65). The van der Waals surface area contributed by atoms with E-state index in [1.54, 1.807) is 42.0 Å². The van der Waals surface area contributed by atoms with E-state index in [0.29, 0.717) is 92.0 Å². The zero-order valence-electron chi connectivity index (χ0n) is 42.9. The highest BCUT2D eigenvalue weighted by Gasteiger charge is 2.26. The van der Waals surface area contributed by atoms with Crippen LogP contribution in [-0.2, 0) is 41.6 Å². The summed E-state index contributed by atoms with van der Waals surface area (Å²) in [5.41, 5.74) is 4.13. The van der Waals surface area contributed by atoms with Gasteiger partial charge in [-0.1, -0.05) is 29.3 Å². The second kappa shape index (κ2) is 24.5. The number of methoxy groups -OCH3 is 1. The number of ether oxygens (including phenoxy) is 3. The fourth-order valence-corrected chi connectivity index (χ4v) is 8.74. The Morgan fingerprint density at radius 2 is 1.20 bits per heavy atom. The van der Waals surface area contributed by atoms with Gasteiger partial charge in [0.1, 0.15) is 17.0 Å². The Balaban J connectivity index is 1.11. The molecule has 1 saturated heterocycles. The number of amides is 2. The number of nitrogens with one attached hydrogen (secondary N) is 2. The fraction of sp³-hybridized carbons (Fsp3) is 0.481. The molecule has 0 atom stereocenters. The Morgan fingerprint density at radius 3 is 1.76 bits per heavy atom. The van der Waals surface area contributed by atoms with Gasteiger partial charge in [-0.05, 0) is 122 Å². The first-order valence-corrected chi connectivity index (χ1v) is 24.7. The Kier molecular flexibility index (Phi) is 18.8. The Bertz CT molecular complexity index is 2630. The van der Waals surface area contributed by atoms with Crippen molar-refractivity contribution in [2.24, 2.45) is 0 Å². The molecule has 0 unspecified atom stereocenters. The van der Waals surface area contributed by atoms with Crippen LogP contribution in [0.25, 0.3) is 21.8 Å². The lowest BCUT2D eigenvalue weighted by Gasteiger charge is -2.34. The number of hydrogen-bond acceptors (Lipinski definition) is 13. The van der Waals surface area contributed by atoms with Gasteiger partial charge in [-0.2, -0.15) is 0 Å². The van der Waals surface area contributed by atoms with Crippen molar-refractivity contribution < 1.29 is 38.2 Å². The molecule has 17 heteroatoms. The van der Waals surface area contributed by atoms with Crippen molar-refractivity contribution in [3.8, 4) is 5.75 Å². The summed E-state index contributed by atoms with van der Waals surface area (Å²) >= 11 is 6.10. The van der Waals surface area contributed by atoms with E-state index in [-0.39, 0.29) is 68.8 Å². The van der Waals surface area contributed by atoms with E-state index in [4.69, 9.17) is 30.8 Å². The van der Waals surface area contributed by atoms with Crippen molar-refractivity contribution in [3.05, 3.63) is 106 Å². The average molecular weight is 996 g/mol. The summed E-state index contributed by atoms with van der Waals surface area (Å²) in [4.78, 5) is 80.8. The topological polar surface area (TPSA) is 168 Å². The Hall–Kier alpha value is -5.91. The van der Waals surface area contributed by atoms with Crippen LogP contribution in [0.3, 0.4) is 0 Å². The maximum atomic E-state index is 13.8. The first-order valence-electron chi connectivity index (χ1n) is 24.3. The minimum absolute atomic E-state index is 0.00442. The fourth-order valence-electron chi connectivity index (χ4n) is 8.61. The van der Waals surface area contributed by atoms with Gasteiger partial charge >= 0.3 is 11.9 Å². The molecular formula is C54H71ClN8O8. The molecule has 382 valence electrons. The molecule has 0 saturated carbocycles. The number of aromatic nitrogens is 2. The average Bonchev–Trinajstić information content (AvgIpc) is 3.56. The first kappa shape index (κ1) is 54.4. The van der Waals surface area contributed by atoms with Crippen LogP contribution in [0.4, 0.5) is 0 Å². The molecule has 0 spiro atoms. The zero-order valence-corrected chi connectivity index (χ0v) is 43.6. The van der Waals surface area contributed by atoms with Crippen molar-refractivity contribution in [2.75, 3.05) is 92.2 Å². The minimum atomic E-state index is -0.649. The van der Waals surface area contributed by atoms with Crippen LogP contribution in [0, 0.1) is 13.8 Å². The lowest BCUT2D eigenvalue weighted by atomic mass is 10.1. The summed E-state index contributed by atoms with van der Waals surface area (Å²) in [5.74, 6) is -0.828. The number of rotatable bonds is 15. The molecule has 6 rings (SSSR count). The highest BCUT2D eigenvalue weighted by molar-refractivity contribution is 6.30. The van der Waals surface area contributed by atoms with Gasteiger partial charge in [0.15, 0.2) is 0 Å². The number of nitrogens with zero attached hydrogens (tertiary/aromatic N) is 6. The van der Waals surface area contributed by atoms with E-state index in [1.165, 1.54) is 5.56 Å². The van der Waals surface area contributed by atoms with Crippen molar-refractivity contribution in [1.29, 1.82) is 0 Å². The molecule has 1 fully saturated rings. The molecule has 5 aromatic rings. The Labute approximate surface area is 422 Å². The summed E-state index contributed by atoms with van der Waals surface area (Å²) < 4.78 is 18.6. The predicted molar refractivity (Wildman–Crippen MR) is 277 cm³/mol. The minimum Gasteiger partial charge on any atom is -0.497 e. The summed E-state index contributed by atoms with van der Waals surface area (Å²) in [6.45, 7) is 20.3. The molecule has 0 radical (unpaired) electrons. The van der Waals surface area contributed by atoms with Gasteiger partial charge in [-0.3, -0.25) is 53.1 Å². The maximum absolute atomic E-state index is 13.8. The first-order chi connectivity index (χ1) is 33.6. The van der Waals surface area contributed by atoms with Crippen molar-refractivity contribution in [2.45, 2.75) is 79.6 Å². The number of halogens is 1. The van der Waals surface area contributed by atoms with Crippen LogP contribution < -0.4 is 15.4 Å². The molecule has 16 nitrogen and oxygen atoms in total. The van der Waals surface area contributed by atoms with E-state index in [2.05, 4.69) is 56.5 Å². The Morgan fingerprint density at radius 1 is 0.648 bits per heavy atom. The number of pyridine rings is 1. The molecule has 2 aromatic heterocycles. The van der Waals surface area contributed by atoms with Crippen LogP contribution >= 0.6 is 11.6 Å². The van der Waals surface area contributed by atoms with Crippen LogP contribution in [0.1, 0.15) is 74.4 Å².